The van der Waals surface area contributed by atoms with Crippen molar-refractivity contribution in [1.29, 1.82) is 0 Å². The molecule has 0 atom stereocenters. The van der Waals surface area contributed by atoms with Crippen LogP contribution in [0, 0.1) is 5.82 Å². The molecule has 0 saturated heterocycles. The first-order valence-electron chi connectivity index (χ1n) is 6.38. The highest BCUT2D eigenvalue weighted by Gasteiger charge is 2.07. The Kier molecular flexibility index (Phi) is 4.99. The van der Waals surface area contributed by atoms with Gasteiger partial charge in [-0.05, 0) is 47.9 Å². The van der Waals surface area contributed by atoms with Crippen LogP contribution in [-0.2, 0) is 0 Å². The standard InChI is InChI=1S/C17H12F4O/c1-11(13-4-6-14(18)7-5-13)10-12-2-8-15(9-3-12)22-17(21)16(19)20/h2-10H,1H3. The summed E-state index contributed by atoms with van der Waals surface area (Å²) in [6.07, 6.45) is -0.671. The van der Waals surface area contributed by atoms with Crippen LogP contribution in [0.25, 0.3) is 11.6 Å². The lowest BCUT2D eigenvalue weighted by Gasteiger charge is -2.04. The lowest BCUT2D eigenvalue weighted by Crippen LogP contribution is -1.90. The Labute approximate surface area is 125 Å². The maximum Gasteiger partial charge on any atom is 0.344 e. The van der Waals surface area contributed by atoms with Gasteiger partial charge >= 0.3 is 12.1 Å². The van der Waals surface area contributed by atoms with E-state index in [9.17, 15) is 17.6 Å². The molecule has 0 heterocycles. The van der Waals surface area contributed by atoms with Crippen molar-refractivity contribution in [3.63, 3.8) is 0 Å². The molecule has 0 aliphatic heterocycles. The van der Waals surface area contributed by atoms with E-state index in [4.69, 9.17) is 0 Å². The summed E-state index contributed by atoms with van der Waals surface area (Å²) in [7, 11) is 0. The van der Waals surface area contributed by atoms with E-state index in [2.05, 4.69) is 4.74 Å². The molecule has 2 aromatic carbocycles. The number of hydrogen-bond acceptors (Lipinski definition) is 1. The summed E-state index contributed by atoms with van der Waals surface area (Å²) in [5, 5.41) is 0. The van der Waals surface area contributed by atoms with Gasteiger partial charge in [0.25, 0.3) is 0 Å². The molecule has 0 saturated carbocycles. The smallest absolute Gasteiger partial charge is 0.344 e. The number of allylic oxidation sites excluding steroid dienone is 1. The highest BCUT2D eigenvalue weighted by Crippen LogP contribution is 2.22. The lowest BCUT2D eigenvalue weighted by atomic mass is 10.0. The average Bonchev–Trinajstić information content (AvgIpc) is 2.49. The summed E-state index contributed by atoms with van der Waals surface area (Å²) in [6.45, 7) is 1.86. The molecule has 0 aliphatic rings. The normalized spacial score (nSPS) is 11.2. The fraction of sp³-hybridized carbons (Fsp3) is 0.0588. The van der Waals surface area contributed by atoms with Crippen LogP contribution in [0.15, 0.2) is 60.6 Å². The van der Waals surface area contributed by atoms with Crippen LogP contribution in [0.3, 0.4) is 0 Å². The number of rotatable bonds is 4. The van der Waals surface area contributed by atoms with E-state index in [1.165, 1.54) is 24.3 Å². The van der Waals surface area contributed by atoms with Gasteiger partial charge in [-0.25, -0.2) is 4.39 Å². The Balaban J connectivity index is 2.15. The molecule has 5 heteroatoms. The van der Waals surface area contributed by atoms with Crippen molar-refractivity contribution in [1.82, 2.24) is 0 Å². The first-order chi connectivity index (χ1) is 10.5. The summed E-state index contributed by atoms with van der Waals surface area (Å²) in [5.74, 6) is -0.338. The van der Waals surface area contributed by atoms with Gasteiger partial charge in [-0.3, -0.25) is 0 Å². The van der Waals surface area contributed by atoms with Crippen molar-refractivity contribution in [2.45, 2.75) is 6.92 Å². The predicted octanol–water partition coefficient (Wildman–Crippen LogP) is 5.80. The van der Waals surface area contributed by atoms with Gasteiger partial charge < -0.3 is 4.74 Å². The Bertz CT molecular complexity index is 696. The second-order valence-corrected chi connectivity index (χ2v) is 4.54. The molecule has 2 rings (SSSR count). The minimum absolute atomic E-state index is 0.0260. The van der Waals surface area contributed by atoms with Gasteiger partial charge in [-0.15, -0.1) is 0 Å². The van der Waals surface area contributed by atoms with E-state index in [1.807, 2.05) is 13.0 Å². The minimum Gasteiger partial charge on any atom is -0.428 e. The maximum absolute atomic E-state index is 12.9. The zero-order valence-corrected chi connectivity index (χ0v) is 11.6. The highest BCUT2D eigenvalue weighted by molar-refractivity contribution is 5.80. The molecule has 0 radical (unpaired) electrons. The summed E-state index contributed by atoms with van der Waals surface area (Å²) in [6, 6.07) is 10.1. The molecule has 22 heavy (non-hydrogen) atoms. The van der Waals surface area contributed by atoms with Gasteiger partial charge in [-0.2, -0.15) is 13.2 Å². The SMILES string of the molecule is CC(=Cc1ccc(OC(F)=C(F)F)cc1)c1ccc(F)cc1. The van der Waals surface area contributed by atoms with Gasteiger partial charge in [-0.1, -0.05) is 30.3 Å². The summed E-state index contributed by atoms with van der Waals surface area (Å²) < 4.78 is 53.7. The van der Waals surface area contributed by atoms with Gasteiger partial charge in [0.1, 0.15) is 11.6 Å². The Morgan fingerprint density at radius 3 is 2.05 bits per heavy atom. The monoisotopic (exact) mass is 308 g/mol. The molecule has 114 valence electrons. The van der Waals surface area contributed by atoms with E-state index in [-0.39, 0.29) is 11.6 Å². The number of hydrogen-bond donors (Lipinski definition) is 0. The molecular weight excluding hydrogens is 296 g/mol. The molecular formula is C17H12F4O. The zero-order chi connectivity index (χ0) is 16.1. The summed E-state index contributed by atoms with van der Waals surface area (Å²) >= 11 is 0. The molecule has 0 aliphatic carbocycles. The first kappa shape index (κ1) is 15.8. The molecule has 0 spiro atoms. The van der Waals surface area contributed by atoms with Crippen LogP contribution in [0.4, 0.5) is 17.6 Å². The lowest BCUT2D eigenvalue weighted by molar-refractivity contribution is 0.241. The predicted molar refractivity (Wildman–Crippen MR) is 77.4 cm³/mol. The van der Waals surface area contributed by atoms with Gasteiger partial charge in [0, 0.05) is 0 Å². The molecule has 2 aromatic rings. The van der Waals surface area contributed by atoms with E-state index in [0.29, 0.717) is 0 Å². The highest BCUT2D eigenvalue weighted by atomic mass is 19.3. The second-order valence-electron chi connectivity index (χ2n) is 4.54. The van der Waals surface area contributed by atoms with E-state index >= 15 is 0 Å². The third kappa shape index (κ3) is 4.22. The van der Waals surface area contributed by atoms with E-state index in [1.54, 1.807) is 24.3 Å². The third-order valence-corrected chi connectivity index (χ3v) is 2.92. The third-order valence-electron chi connectivity index (χ3n) is 2.92. The van der Waals surface area contributed by atoms with Gasteiger partial charge in [0.2, 0.25) is 0 Å². The van der Waals surface area contributed by atoms with Crippen LogP contribution in [0.1, 0.15) is 18.1 Å². The van der Waals surface area contributed by atoms with Crippen molar-refractivity contribution in [3.05, 3.63) is 77.6 Å². The summed E-state index contributed by atoms with van der Waals surface area (Å²) in [5.41, 5.74) is 2.53. The largest absolute Gasteiger partial charge is 0.428 e. The average molecular weight is 308 g/mol. The zero-order valence-electron chi connectivity index (χ0n) is 11.6. The van der Waals surface area contributed by atoms with Crippen LogP contribution in [0.5, 0.6) is 5.75 Å². The van der Waals surface area contributed by atoms with Gasteiger partial charge in [0.05, 0.1) is 0 Å². The Hall–Kier alpha value is -2.56. The molecule has 0 fully saturated rings. The van der Waals surface area contributed by atoms with E-state index < -0.39 is 12.1 Å². The fourth-order valence-corrected chi connectivity index (χ4v) is 1.82. The number of ether oxygens (including phenoxy) is 1. The fourth-order valence-electron chi connectivity index (χ4n) is 1.82. The van der Waals surface area contributed by atoms with Gasteiger partial charge in [0.15, 0.2) is 0 Å². The van der Waals surface area contributed by atoms with Crippen molar-refractivity contribution >= 4 is 11.6 Å². The number of benzene rings is 2. The maximum atomic E-state index is 12.9. The minimum atomic E-state index is -2.50. The molecule has 0 aromatic heterocycles. The van der Waals surface area contributed by atoms with Crippen molar-refractivity contribution < 1.29 is 22.3 Å². The molecule has 0 bridgehead atoms. The van der Waals surface area contributed by atoms with Crippen LogP contribution in [-0.4, -0.2) is 0 Å². The summed E-state index contributed by atoms with van der Waals surface area (Å²) in [4.78, 5) is 0. The van der Waals surface area contributed by atoms with Crippen LogP contribution >= 0.6 is 0 Å². The van der Waals surface area contributed by atoms with Crippen LogP contribution in [0.2, 0.25) is 0 Å². The molecule has 0 N–H and O–H groups in total. The number of halogens is 4. The van der Waals surface area contributed by atoms with E-state index in [0.717, 1.165) is 16.7 Å². The second kappa shape index (κ2) is 6.93. The quantitative estimate of drug-likeness (QED) is 0.394. The Morgan fingerprint density at radius 1 is 0.909 bits per heavy atom. The topological polar surface area (TPSA) is 9.23 Å². The first-order valence-corrected chi connectivity index (χ1v) is 6.38. The molecule has 0 unspecified atom stereocenters. The Morgan fingerprint density at radius 2 is 1.50 bits per heavy atom. The van der Waals surface area contributed by atoms with Crippen LogP contribution < -0.4 is 4.74 Å². The van der Waals surface area contributed by atoms with Crippen molar-refractivity contribution in [3.8, 4) is 5.75 Å². The molecule has 1 nitrogen and oxygen atoms in total. The van der Waals surface area contributed by atoms with Crippen molar-refractivity contribution in [2.75, 3.05) is 0 Å². The van der Waals surface area contributed by atoms with Crippen molar-refractivity contribution in [2.24, 2.45) is 0 Å². The molecule has 0 amide bonds.